The zero-order chi connectivity index (χ0) is 15.1. The van der Waals surface area contributed by atoms with Gasteiger partial charge in [-0.3, -0.25) is 0 Å². The molecule has 0 fully saturated rings. The highest BCUT2D eigenvalue weighted by Crippen LogP contribution is 2.11. The highest BCUT2D eigenvalue weighted by molar-refractivity contribution is 5.19. The van der Waals surface area contributed by atoms with E-state index in [0.29, 0.717) is 24.4 Å². The van der Waals surface area contributed by atoms with E-state index >= 15 is 0 Å². The molecule has 0 aliphatic rings. The smallest absolute Gasteiger partial charge is 0.315 e. The molecule has 1 unspecified atom stereocenters. The van der Waals surface area contributed by atoms with Crippen LogP contribution in [0.15, 0.2) is 27.2 Å². The normalized spacial score (nSPS) is 12.8. The summed E-state index contributed by atoms with van der Waals surface area (Å²) in [7, 11) is 0. The van der Waals surface area contributed by atoms with Crippen molar-refractivity contribution < 1.29 is 8.83 Å². The van der Waals surface area contributed by atoms with Gasteiger partial charge in [-0.1, -0.05) is 18.9 Å². The Bertz CT molecular complexity index is 507. The lowest BCUT2D eigenvalue weighted by atomic mass is 10.1. The average Bonchev–Trinajstić information content (AvgIpc) is 3.08. The summed E-state index contributed by atoms with van der Waals surface area (Å²) < 4.78 is 10.9. The largest absolute Gasteiger partial charge is 0.469 e. The first kappa shape index (κ1) is 15.6. The van der Waals surface area contributed by atoms with Gasteiger partial charge in [-0.15, -0.1) is 5.10 Å². The minimum absolute atomic E-state index is 0.243. The third-order valence-electron chi connectivity index (χ3n) is 3.07. The number of hydrogen-bond acceptors (Lipinski definition) is 6. The van der Waals surface area contributed by atoms with E-state index in [2.05, 4.69) is 41.6 Å². The summed E-state index contributed by atoms with van der Waals surface area (Å²) in [6, 6.07) is 4.61. The molecule has 0 aliphatic carbocycles. The Morgan fingerprint density at radius 2 is 2.10 bits per heavy atom. The second kappa shape index (κ2) is 7.83. The van der Waals surface area contributed by atoms with Gasteiger partial charge < -0.3 is 19.5 Å². The molecule has 0 spiro atoms. The van der Waals surface area contributed by atoms with E-state index in [-0.39, 0.29) is 6.04 Å². The summed E-state index contributed by atoms with van der Waals surface area (Å²) in [6.07, 6.45) is 3.52. The van der Waals surface area contributed by atoms with Gasteiger partial charge in [-0.05, 0) is 37.9 Å². The Labute approximate surface area is 125 Å². The van der Waals surface area contributed by atoms with Crippen LogP contribution in [0.3, 0.4) is 0 Å². The maximum absolute atomic E-state index is 5.55. The Hall–Kier alpha value is -1.82. The molecule has 0 aromatic carbocycles. The van der Waals surface area contributed by atoms with E-state index in [9.17, 15) is 0 Å². The van der Waals surface area contributed by atoms with Crippen LogP contribution < -0.4 is 10.6 Å². The van der Waals surface area contributed by atoms with Gasteiger partial charge >= 0.3 is 6.01 Å². The van der Waals surface area contributed by atoms with Crippen molar-refractivity contribution in [1.29, 1.82) is 0 Å². The molecule has 0 amide bonds. The van der Waals surface area contributed by atoms with Crippen molar-refractivity contribution in [1.82, 2.24) is 15.5 Å². The number of rotatable bonds is 9. The zero-order valence-corrected chi connectivity index (χ0v) is 12.9. The summed E-state index contributed by atoms with van der Waals surface area (Å²) in [5.74, 6) is 2.20. The summed E-state index contributed by atoms with van der Waals surface area (Å²) in [5.41, 5.74) is 0. The van der Waals surface area contributed by atoms with Gasteiger partial charge in [0.1, 0.15) is 5.76 Å². The van der Waals surface area contributed by atoms with Gasteiger partial charge in [0.25, 0.3) is 0 Å². The second-order valence-electron chi connectivity index (χ2n) is 5.69. The molecule has 0 aliphatic heterocycles. The van der Waals surface area contributed by atoms with Gasteiger partial charge in [0, 0.05) is 12.5 Å². The molecule has 1 atom stereocenters. The molecule has 0 saturated carbocycles. The van der Waals surface area contributed by atoms with Crippen molar-refractivity contribution in [2.45, 2.75) is 46.2 Å². The molecule has 2 heterocycles. The van der Waals surface area contributed by atoms with Crippen molar-refractivity contribution in [2.75, 3.05) is 11.9 Å². The van der Waals surface area contributed by atoms with Crippen LogP contribution in [0.25, 0.3) is 0 Å². The van der Waals surface area contributed by atoms with Crippen molar-refractivity contribution in [3.63, 3.8) is 0 Å². The topological polar surface area (TPSA) is 76.1 Å². The number of furan rings is 1. The molecule has 2 aromatic rings. The van der Waals surface area contributed by atoms with Crippen LogP contribution in [0.1, 0.15) is 38.8 Å². The van der Waals surface area contributed by atoms with Crippen molar-refractivity contribution in [3.8, 4) is 0 Å². The van der Waals surface area contributed by atoms with Crippen LogP contribution in [0.2, 0.25) is 0 Å². The molecular weight excluding hydrogens is 268 g/mol. The lowest BCUT2D eigenvalue weighted by Crippen LogP contribution is -2.19. The number of hydrogen-bond donors (Lipinski definition) is 2. The van der Waals surface area contributed by atoms with E-state index in [1.54, 1.807) is 6.26 Å². The SMILES string of the molecule is CC(C)CNCc1nnc(NC(C)CCc2ccco2)o1. The third kappa shape index (κ3) is 5.59. The number of nitrogens with one attached hydrogen (secondary N) is 2. The van der Waals surface area contributed by atoms with Gasteiger partial charge in [0.05, 0.1) is 12.8 Å². The monoisotopic (exact) mass is 292 g/mol. The van der Waals surface area contributed by atoms with Crippen LogP contribution in [0.5, 0.6) is 0 Å². The first-order valence-corrected chi connectivity index (χ1v) is 7.45. The van der Waals surface area contributed by atoms with Gasteiger partial charge in [0.15, 0.2) is 0 Å². The number of aryl methyl sites for hydroxylation is 1. The van der Waals surface area contributed by atoms with E-state index in [0.717, 1.165) is 25.1 Å². The zero-order valence-electron chi connectivity index (χ0n) is 12.9. The molecule has 6 nitrogen and oxygen atoms in total. The van der Waals surface area contributed by atoms with Crippen molar-refractivity contribution in [3.05, 3.63) is 30.0 Å². The number of anilines is 1. The molecule has 0 bridgehead atoms. The molecule has 2 aromatic heterocycles. The Morgan fingerprint density at radius 3 is 2.81 bits per heavy atom. The van der Waals surface area contributed by atoms with Gasteiger partial charge in [0.2, 0.25) is 5.89 Å². The molecular formula is C15H24N4O2. The van der Waals surface area contributed by atoms with Crippen LogP contribution in [0, 0.1) is 5.92 Å². The lowest BCUT2D eigenvalue weighted by molar-refractivity contribution is 0.453. The Morgan fingerprint density at radius 1 is 1.24 bits per heavy atom. The minimum atomic E-state index is 0.243. The molecule has 2 rings (SSSR count). The number of aromatic nitrogens is 2. The van der Waals surface area contributed by atoms with Crippen LogP contribution >= 0.6 is 0 Å². The lowest BCUT2D eigenvalue weighted by Gasteiger charge is -2.10. The highest BCUT2D eigenvalue weighted by Gasteiger charge is 2.10. The standard InChI is InChI=1S/C15H24N4O2/c1-11(2)9-16-10-14-18-19-15(21-14)17-12(3)6-7-13-5-4-8-20-13/h4-5,8,11-12,16H,6-7,9-10H2,1-3H3,(H,17,19). The Balaban J connectivity index is 1.71. The molecule has 21 heavy (non-hydrogen) atoms. The molecule has 6 heteroatoms. The maximum atomic E-state index is 5.55. The molecule has 2 N–H and O–H groups in total. The number of nitrogens with zero attached hydrogens (tertiary/aromatic N) is 2. The average molecular weight is 292 g/mol. The fourth-order valence-corrected chi connectivity index (χ4v) is 1.95. The quantitative estimate of drug-likeness (QED) is 0.740. The van der Waals surface area contributed by atoms with Gasteiger partial charge in [-0.25, -0.2) is 0 Å². The highest BCUT2D eigenvalue weighted by atomic mass is 16.4. The minimum Gasteiger partial charge on any atom is -0.469 e. The summed E-state index contributed by atoms with van der Waals surface area (Å²) in [4.78, 5) is 0. The first-order valence-electron chi connectivity index (χ1n) is 7.45. The van der Waals surface area contributed by atoms with E-state index in [1.807, 2.05) is 12.1 Å². The first-order chi connectivity index (χ1) is 10.1. The van der Waals surface area contributed by atoms with Crippen molar-refractivity contribution >= 4 is 6.01 Å². The molecule has 116 valence electrons. The summed E-state index contributed by atoms with van der Waals surface area (Å²) in [5, 5.41) is 14.5. The third-order valence-corrected chi connectivity index (χ3v) is 3.07. The maximum Gasteiger partial charge on any atom is 0.315 e. The summed E-state index contributed by atoms with van der Waals surface area (Å²) >= 11 is 0. The van der Waals surface area contributed by atoms with E-state index in [1.165, 1.54) is 0 Å². The fraction of sp³-hybridized carbons (Fsp3) is 0.600. The fourth-order valence-electron chi connectivity index (χ4n) is 1.95. The predicted molar refractivity (Wildman–Crippen MR) is 81.0 cm³/mol. The van der Waals surface area contributed by atoms with Crippen LogP contribution in [-0.4, -0.2) is 22.8 Å². The molecule has 0 radical (unpaired) electrons. The second-order valence-corrected chi connectivity index (χ2v) is 5.69. The van der Waals surface area contributed by atoms with Crippen LogP contribution in [0.4, 0.5) is 6.01 Å². The molecule has 0 saturated heterocycles. The van der Waals surface area contributed by atoms with Gasteiger partial charge in [-0.2, -0.15) is 0 Å². The van der Waals surface area contributed by atoms with E-state index in [4.69, 9.17) is 8.83 Å². The van der Waals surface area contributed by atoms with E-state index < -0.39 is 0 Å². The summed E-state index contributed by atoms with van der Waals surface area (Å²) in [6.45, 7) is 7.95. The van der Waals surface area contributed by atoms with Crippen molar-refractivity contribution in [2.24, 2.45) is 5.92 Å². The van der Waals surface area contributed by atoms with Crippen LogP contribution in [-0.2, 0) is 13.0 Å². The Kier molecular flexibility index (Phi) is 5.80. The predicted octanol–water partition coefficient (Wildman–Crippen LogP) is 2.84.